The first-order valence-corrected chi connectivity index (χ1v) is 5.92. The van der Waals surface area contributed by atoms with Crippen LogP contribution in [0, 0.1) is 0 Å². The zero-order chi connectivity index (χ0) is 13.4. The van der Waals surface area contributed by atoms with Gasteiger partial charge in [0.2, 0.25) is 0 Å². The highest BCUT2D eigenvalue weighted by atomic mass is 16.5. The molecule has 0 aliphatic rings. The molecule has 18 heavy (non-hydrogen) atoms. The van der Waals surface area contributed by atoms with Crippen molar-refractivity contribution in [1.29, 1.82) is 0 Å². The molecule has 1 aromatic carbocycles. The number of phenols is 1. The van der Waals surface area contributed by atoms with E-state index in [1.807, 2.05) is 6.92 Å². The Balaban J connectivity index is 2.51. The Bertz CT molecular complexity index is 393. The molecule has 0 unspecified atom stereocenters. The maximum Gasteiger partial charge on any atom is 0.255 e. The van der Waals surface area contributed by atoms with Gasteiger partial charge in [0.1, 0.15) is 0 Å². The van der Waals surface area contributed by atoms with Crippen LogP contribution >= 0.6 is 0 Å². The van der Waals surface area contributed by atoms with E-state index in [0.29, 0.717) is 19.8 Å². The van der Waals surface area contributed by atoms with Crippen molar-refractivity contribution in [2.24, 2.45) is 0 Å². The highest BCUT2D eigenvalue weighted by Crippen LogP contribution is 2.28. The van der Waals surface area contributed by atoms with E-state index >= 15 is 0 Å². The molecule has 0 aromatic heterocycles. The third kappa shape index (κ3) is 3.92. The summed E-state index contributed by atoms with van der Waals surface area (Å²) in [7, 11) is 1.44. The number of hydrogen-bond donors (Lipinski definition) is 2. The molecule has 1 rings (SSSR count). The van der Waals surface area contributed by atoms with Crippen molar-refractivity contribution in [2.45, 2.75) is 13.3 Å². The summed E-state index contributed by atoms with van der Waals surface area (Å²) in [4.78, 5) is 11.8. The number of para-hydroxylation sites is 1. The molecular formula is C13H19NO4. The highest BCUT2D eigenvalue weighted by molar-refractivity contribution is 5.97. The van der Waals surface area contributed by atoms with E-state index in [0.717, 1.165) is 6.42 Å². The molecule has 0 spiro atoms. The van der Waals surface area contributed by atoms with Gasteiger partial charge in [-0.25, -0.2) is 0 Å². The molecular weight excluding hydrogens is 234 g/mol. The molecule has 1 aromatic rings. The smallest absolute Gasteiger partial charge is 0.255 e. The first kappa shape index (κ1) is 14.3. The van der Waals surface area contributed by atoms with Crippen molar-refractivity contribution >= 4 is 5.91 Å². The topological polar surface area (TPSA) is 67.8 Å². The van der Waals surface area contributed by atoms with Crippen LogP contribution in [0.4, 0.5) is 0 Å². The third-order valence-electron chi connectivity index (χ3n) is 2.42. The predicted octanol–water partition coefficient (Wildman–Crippen LogP) is 1.56. The van der Waals surface area contributed by atoms with Crippen molar-refractivity contribution in [3.8, 4) is 11.5 Å². The Morgan fingerprint density at radius 1 is 1.44 bits per heavy atom. The fraction of sp³-hybridized carbons (Fsp3) is 0.462. The number of aromatic hydroxyl groups is 1. The van der Waals surface area contributed by atoms with Gasteiger partial charge >= 0.3 is 0 Å². The summed E-state index contributed by atoms with van der Waals surface area (Å²) in [5, 5.41) is 12.5. The molecule has 0 heterocycles. The van der Waals surface area contributed by atoms with E-state index in [-0.39, 0.29) is 23.0 Å². The fourth-order valence-corrected chi connectivity index (χ4v) is 1.49. The van der Waals surface area contributed by atoms with Gasteiger partial charge in [0.25, 0.3) is 5.91 Å². The molecule has 0 aliphatic heterocycles. The zero-order valence-corrected chi connectivity index (χ0v) is 10.7. The Kier molecular flexibility index (Phi) is 6.00. The van der Waals surface area contributed by atoms with Crippen molar-refractivity contribution in [3.63, 3.8) is 0 Å². The lowest BCUT2D eigenvalue weighted by Gasteiger charge is -2.09. The summed E-state index contributed by atoms with van der Waals surface area (Å²) < 4.78 is 10.1. The lowest BCUT2D eigenvalue weighted by atomic mass is 10.1. The van der Waals surface area contributed by atoms with Crippen LogP contribution in [0.1, 0.15) is 23.7 Å². The minimum atomic E-state index is -0.317. The average molecular weight is 253 g/mol. The number of rotatable bonds is 7. The number of nitrogens with one attached hydrogen (secondary N) is 1. The van der Waals surface area contributed by atoms with Crippen molar-refractivity contribution in [2.75, 3.05) is 26.9 Å². The monoisotopic (exact) mass is 253 g/mol. The lowest BCUT2D eigenvalue weighted by Crippen LogP contribution is -2.25. The summed E-state index contributed by atoms with van der Waals surface area (Å²) in [6.45, 7) is 3.72. The van der Waals surface area contributed by atoms with Crippen LogP contribution in [0.2, 0.25) is 0 Å². The van der Waals surface area contributed by atoms with Crippen LogP contribution in [0.5, 0.6) is 11.5 Å². The van der Waals surface area contributed by atoms with Crippen LogP contribution in [0.3, 0.4) is 0 Å². The molecule has 0 aliphatic carbocycles. The number of amides is 1. The maximum absolute atomic E-state index is 11.8. The average Bonchev–Trinajstić information content (AvgIpc) is 2.38. The normalized spacial score (nSPS) is 10.1. The van der Waals surface area contributed by atoms with E-state index in [1.54, 1.807) is 18.2 Å². The summed E-state index contributed by atoms with van der Waals surface area (Å²) in [6, 6.07) is 4.81. The molecule has 5 nitrogen and oxygen atoms in total. The standard InChI is InChI=1S/C13H19NO4/c1-3-18-9-5-8-14-13(16)10-6-4-7-11(17-2)12(10)15/h4,6-7,15H,3,5,8-9H2,1-2H3,(H,14,16). The lowest BCUT2D eigenvalue weighted by molar-refractivity contribution is 0.0941. The molecule has 1 amide bonds. The van der Waals surface area contributed by atoms with E-state index in [4.69, 9.17) is 9.47 Å². The maximum atomic E-state index is 11.8. The van der Waals surface area contributed by atoms with Crippen molar-refractivity contribution < 1.29 is 19.4 Å². The van der Waals surface area contributed by atoms with Gasteiger partial charge in [-0.3, -0.25) is 4.79 Å². The Morgan fingerprint density at radius 2 is 2.22 bits per heavy atom. The summed E-state index contributed by atoms with van der Waals surface area (Å²) in [5.74, 6) is -0.165. The van der Waals surface area contributed by atoms with Gasteiger partial charge in [0.15, 0.2) is 11.5 Å². The molecule has 0 radical (unpaired) electrons. The third-order valence-corrected chi connectivity index (χ3v) is 2.42. The quantitative estimate of drug-likeness (QED) is 0.724. The van der Waals surface area contributed by atoms with Gasteiger partial charge < -0.3 is 19.9 Å². The van der Waals surface area contributed by atoms with Crippen LogP contribution in [0.25, 0.3) is 0 Å². The van der Waals surface area contributed by atoms with Gasteiger partial charge in [-0.05, 0) is 25.5 Å². The molecule has 0 fully saturated rings. The second-order valence-electron chi connectivity index (χ2n) is 3.66. The zero-order valence-electron chi connectivity index (χ0n) is 10.7. The van der Waals surface area contributed by atoms with Crippen LogP contribution in [0.15, 0.2) is 18.2 Å². The van der Waals surface area contributed by atoms with Gasteiger partial charge in [0, 0.05) is 19.8 Å². The minimum absolute atomic E-state index is 0.137. The van der Waals surface area contributed by atoms with Crippen molar-refractivity contribution in [1.82, 2.24) is 5.32 Å². The van der Waals surface area contributed by atoms with Crippen LogP contribution in [-0.2, 0) is 4.74 Å². The van der Waals surface area contributed by atoms with Crippen molar-refractivity contribution in [3.05, 3.63) is 23.8 Å². The summed E-state index contributed by atoms with van der Waals surface area (Å²) in [6.07, 6.45) is 0.740. The van der Waals surface area contributed by atoms with Gasteiger partial charge in [-0.2, -0.15) is 0 Å². The Morgan fingerprint density at radius 3 is 2.89 bits per heavy atom. The van der Waals surface area contributed by atoms with E-state index in [2.05, 4.69) is 5.32 Å². The second kappa shape index (κ2) is 7.55. The molecule has 0 bridgehead atoms. The summed E-state index contributed by atoms with van der Waals surface area (Å²) in [5.41, 5.74) is 0.214. The second-order valence-corrected chi connectivity index (χ2v) is 3.66. The molecule has 0 atom stereocenters. The summed E-state index contributed by atoms with van der Waals surface area (Å²) >= 11 is 0. The Hall–Kier alpha value is -1.75. The van der Waals surface area contributed by atoms with E-state index in [1.165, 1.54) is 7.11 Å². The number of hydrogen-bond acceptors (Lipinski definition) is 4. The SMILES string of the molecule is CCOCCCNC(=O)c1cccc(OC)c1O. The molecule has 100 valence electrons. The van der Waals surface area contributed by atoms with Crippen LogP contribution < -0.4 is 10.1 Å². The van der Waals surface area contributed by atoms with E-state index < -0.39 is 0 Å². The predicted molar refractivity (Wildman–Crippen MR) is 68.1 cm³/mol. The van der Waals surface area contributed by atoms with Crippen LogP contribution in [-0.4, -0.2) is 37.9 Å². The number of ether oxygens (including phenoxy) is 2. The van der Waals surface area contributed by atoms with Gasteiger partial charge in [-0.1, -0.05) is 6.07 Å². The van der Waals surface area contributed by atoms with Gasteiger partial charge in [-0.15, -0.1) is 0 Å². The fourth-order valence-electron chi connectivity index (χ4n) is 1.49. The molecule has 0 saturated carbocycles. The number of phenolic OH excluding ortho intramolecular Hbond substituents is 1. The molecule has 5 heteroatoms. The molecule has 0 saturated heterocycles. The largest absolute Gasteiger partial charge is 0.504 e. The molecule has 2 N–H and O–H groups in total. The highest BCUT2D eigenvalue weighted by Gasteiger charge is 2.13. The number of carbonyl (C=O) groups is 1. The first-order valence-electron chi connectivity index (χ1n) is 5.92. The first-order chi connectivity index (χ1) is 8.70. The number of carbonyl (C=O) groups excluding carboxylic acids is 1. The Labute approximate surface area is 107 Å². The number of methoxy groups -OCH3 is 1. The number of benzene rings is 1. The van der Waals surface area contributed by atoms with Gasteiger partial charge in [0.05, 0.1) is 12.7 Å². The van der Waals surface area contributed by atoms with E-state index in [9.17, 15) is 9.90 Å². The minimum Gasteiger partial charge on any atom is -0.504 e.